The standard InChI is InChI=1S/C18H18N2O4/c1-9-7-15(11(3)5-13(9)17(21)22)19-20-16-8-10(2)14(18(23)24)6-12(16)4/h5-8H,1-4H3,(H,21,22)(H,23,24). The van der Waals surface area contributed by atoms with Crippen LogP contribution in [-0.2, 0) is 0 Å². The fourth-order valence-corrected chi connectivity index (χ4v) is 2.39. The van der Waals surface area contributed by atoms with Crippen molar-refractivity contribution in [3.8, 4) is 0 Å². The second kappa shape index (κ2) is 6.62. The summed E-state index contributed by atoms with van der Waals surface area (Å²) in [6.45, 7) is 6.95. The predicted octanol–water partition coefficient (Wildman–Crippen LogP) is 4.73. The van der Waals surface area contributed by atoms with Crippen LogP contribution in [0.1, 0.15) is 43.0 Å². The van der Waals surface area contributed by atoms with Crippen molar-refractivity contribution in [3.63, 3.8) is 0 Å². The highest BCUT2D eigenvalue weighted by Crippen LogP contribution is 2.28. The maximum absolute atomic E-state index is 11.1. The van der Waals surface area contributed by atoms with E-state index in [-0.39, 0.29) is 11.1 Å². The van der Waals surface area contributed by atoms with Crippen LogP contribution in [0.4, 0.5) is 11.4 Å². The Morgan fingerprint density at radius 1 is 0.667 bits per heavy atom. The molecule has 0 spiro atoms. The molecule has 0 radical (unpaired) electrons. The third-order valence-electron chi connectivity index (χ3n) is 3.81. The first kappa shape index (κ1) is 17.3. The summed E-state index contributed by atoms with van der Waals surface area (Å²) < 4.78 is 0. The molecule has 0 aliphatic carbocycles. The van der Waals surface area contributed by atoms with E-state index in [2.05, 4.69) is 10.2 Å². The molecule has 0 amide bonds. The van der Waals surface area contributed by atoms with Crippen molar-refractivity contribution in [3.05, 3.63) is 57.6 Å². The minimum atomic E-state index is -0.977. The van der Waals surface area contributed by atoms with E-state index < -0.39 is 11.9 Å². The Morgan fingerprint density at radius 2 is 1.00 bits per heavy atom. The molecule has 0 heterocycles. The molecule has 0 fully saturated rings. The van der Waals surface area contributed by atoms with E-state index in [9.17, 15) is 9.59 Å². The van der Waals surface area contributed by atoms with Crippen molar-refractivity contribution in [2.75, 3.05) is 0 Å². The second-order valence-electron chi connectivity index (χ2n) is 5.72. The number of carboxylic acid groups (broad SMARTS) is 2. The van der Waals surface area contributed by atoms with Gasteiger partial charge in [-0.1, -0.05) is 0 Å². The highest BCUT2D eigenvalue weighted by Gasteiger charge is 2.12. The Hall–Kier alpha value is -3.02. The third-order valence-corrected chi connectivity index (χ3v) is 3.81. The van der Waals surface area contributed by atoms with Crippen molar-refractivity contribution in [1.29, 1.82) is 0 Å². The number of hydrogen-bond donors (Lipinski definition) is 2. The van der Waals surface area contributed by atoms with E-state index in [1.165, 1.54) is 0 Å². The third kappa shape index (κ3) is 3.48. The summed E-state index contributed by atoms with van der Waals surface area (Å²) in [5.74, 6) is -1.95. The first-order valence-electron chi connectivity index (χ1n) is 7.31. The Morgan fingerprint density at radius 3 is 1.29 bits per heavy atom. The van der Waals surface area contributed by atoms with Gasteiger partial charge in [0, 0.05) is 0 Å². The molecule has 2 aromatic rings. The molecule has 0 saturated heterocycles. The zero-order chi connectivity index (χ0) is 18.0. The average Bonchev–Trinajstić information content (AvgIpc) is 2.49. The molecule has 2 N–H and O–H groups in total. The molecule has 124 valence electrons. The summed E-state index contributed by atoms with van der Waals surface area (Å²) >= 11 is 0. The van der Waals surface area contributed by atoms with Crippen molar-refractivity contribution in [2.45, 2.75) is 27.7 Å². The molecule has 6 heteroatoms. The molecule has 2 rings (SSSR count). The van der Waals surface area contributed by atoms with Gasteiger partial charge in [0.05, 0.1) is 22.5 Å². The maximum atomic E-state index is 11.1. The average molecular weight is 326 g/mol. The number of benzene rings is 2. The lowest BCUT2D eigenvalue weighted by atomic mass is 10.0. The fraction of sp³-hybridized carbons (Fsp3) is 0.222. The summed E-state index contributed by atoms with van der Waals surface area (Å²) in [6, 6.07) is 6.49. The summed E-state index contributed by atoms with van der Waals surface area (Å²) in [7, 11) is 0. The quantitative estimate of drug-likeness (QED) is 0.793. The van der Waals surface area contributed by atoms with E-state index in [0.717, 1.165) is 0 Å². The second-order valence-corrected chi connectivity index (χ2v) is 5.72. The van der Waals surface area contributed by atoms with Gasteiger partial charge in [0.25, 0.3) is 0 Å². The molecule has 0 aromatic heterocycles. The van der Waals surface area contributed by atoms with Crippen LogP contribution in [0.3, 0.4) is 0 Å². The lowest BCUT2D eigenvalue weighted by Crippen LogP contribution is -2.00. The van der Waals surface area contributed by atoms with Crippen LogP contribution in [0, 0.1) is 27.7 Å². The molecule has 0 aliphatic heterocycles. The van der Waals surface area contributed by atoms with Gasteiger partial charge in [0.2, 0.25) is 0 Å². The summed E-state index contributed by atoms with van der Waals surface area (Å²) in [5, 5.41) is 26.6. The smallest absolute Gasteiger partial charge is 0.335 e. The highest BCUT2D eigenvalue weighted by atomic mass is 16.4. The molecule has 0 saturated carbocycles. The van der Waals surface area contributed by atoms with Crippen molar-refractivity contribution < 1.29 is 19.8 Å². The monoisotopic (exact) mass is 326 g/mol. The van der Waals surface area contributed by atoms with Gasteiger partial charge in [-0.3, -0.25) is 0 Å². The maximum Gasteiger partial charge on any atom is 0.335 e. The number of carboxylic acids is 2. The van der Waals surface area contributed by atoms with Crippen LogP contribution in [0.25, 0.3) is 0 Å². The topological polar surface area (TPSA) is 99.3 Å². The first-order valence-corrected chi connectivity index (χ1v) is 7.31. The minimum absolute atomic E-state index is 0.240. The Kier molecular flexibility index (Phi) is 4.78. The number of carbonyl (C=O) groups is 2. The summed E-state index contributed by atoms with van der Waals surface area (Å²) in [5.41, 5.74) is 4.27. The molecule has 0 aliphatic rings. The molecule has 0 atom stereocenters. The predicted molar refractivity (Wildman–Crippen MR) is 89.9 cm³/mol. The number of rotatable bonds is 4. The zero-order valence-electron chi connectivity index (χ0n) is 13.9. The first-order chi connectivity index (χ1) is 11.2. The molecule has 24 heavy (non-hydrogen) atoms. The van der Waals surface area contributed by atoms with Crippen LogP contribution in [-0.4, -0.2) is 22.2 Å². The largest absolute Gasteiger partial charge is 0.478 e. The van der Waals surface area contributed by atoms with Crippen LogP contribution in [0.5, 0.6) is 0 Å². The molecular weight excluding hydrogens is 308 g/mol. The molecule has 2 aromatic carbocycles. The zero-order valence-corrected chi connectivity index (χ0v) is 13.9. The van der Waals surface area contributed by atoms with E-state index in [1.54, 1.807) is 52.0 Å². The Labute approximate surface area is 139 Å². The number of azo groups is 1. The number of aryl methyl sites for hydroxylation is 4. The fourth-order valence-electron chi connectivity index (χ4n) is 2.39. The normalized spacial score (nSPS) is 11.0. The highest BCUT2D eigenvalue weighted by molar-refractivity contribution is 5.91. The van der Waals surface area contributed by atoms with E-state index in [1.807, 2.05) is 0 Å². The van der Waals surface area contributed by atoms with E-state index in [4.69, 9.17) is 10.2 Å². The van der Waals surface area contributed by atoms with Gasteiger partial charge in [-0.25, -0.2) is 9.59 Å². The van der Waals surface area contributed by atoms with Crippen molar-refractivity contribution >= 4 is 23.3 Å². The van der Waals surface area contributed by atoms with Gasteiger partial charge in [-0.15, -0.1) is 0 Å². The molecular formula is C18H18N2O4. The molecule has 0 bridgehead atoms. The van der Waals surface area contributed by atoms with Crippen LogP contribution in [0.2, 0.25) is 0 Å². The lowest BCUT2D eigenvalue weighted by Gasteiger charge is -2.07. The SMILES string of the molecule is Cc1cc(C(=O)O)c(C)cc1N=Nc1cc(C)c(C(=O)O)cc1C. The Bertz CT molecular complexity index is 798. The molecule has 0 unspecified atom stereocenters. The van der Waals surface area contributed by atoms with E-state index >= 15 is 0 Å². The van der Waals surface area contributed by atoms with Crippen molar-refractivity contribution in [1.82, 2.24) is 0 Å². The van der Waals surface area contributed by atoms with Gasteiger partial charge in [0.1, 0.15) is 0 Å². The number of aromatic carboxylic acids is 2. The van der Waals surface area contributed by atoms with Crippen LogP contribution in [0.15, 0.2) is 34.5 Å². The number of nitrogens with zero attached hydrogens (tertiary/aromatic N) is 2. The van der Waals surface area contributed by atoms with Crippen LogP contribution >= 0.6 is 0 Å². The summed E-state index contributed by atoms with van der Waals surface area (Å²) in [4.78, 5) is 22.3. The van der Waals surface area contributed by atoms with Gasteiger partial charge in [-0.05, 0) is 74.2 Å². The van der Waals surface area contributed by atoms with Crippen molar-refractivity contribution in [2.24, 2.45) is 10.2 Å². The lowest BCUT2D eigenvalue weighted by molar-refractivity contribution is 0.0685. The van der Waals surface area contributed by atoms with Gasteiger partial charge < -0.3 is 10.2 Å². The van der Waals surface area contributed by atoms with Gasteiger partial charge in [-0.2, -0.15) is 10.2 Å². The molecule has 6 nitrogen and oxygen atoms in total. The van der Waals surface area contributed by atoms with E-state index in [0.29, 0.717) is 33.6 Å². The Balaban J connectivity index is 2.42. The minimum Gasteiger partial charge on any atom is -0.478 e. The van der Waals surface area contributed by atoms with Crippen LogP contribution < -0.4 is 0 Å². The summed E-state index contributed by atoms with van der Waals surface area (Å²) in [6.07, 6.45) is 0. The number of hydrogen-bond acceptors (Lipinski definition) is 4. The van der Waals surface area contributed by atoms with Gasteiger partial charge >= 0.3 is 11.9 Å². The van der Waals surface area contributed by atoms with Gasteiger partial charge in [0.15, 0.2) is 0 Å².